The van der Waals surface area contributed by atoms with Gasteiger partial charge in [0.25, 0.3) is 0 Å². The van der Waals surface area contributed by atoms with Crippen LogP contribution in [0.5, 0.6) is 0 Å². The molecule has 8 atom stereocenters. The van der Waals surface area contributed by atoms with E-state index < -0.39 is 43.6 Å². The Balaban J connectivity index is 1.30. The average molecular weight is 545 g/mol. The Morgan fingerprint density at radius 1 is 0.722 bits per heavy atom. The van der Waals surface area contributed by atoms with E-state index in [0.717, 1.165) is 44.9 Å². The van der Waals surface area contributed by atoms with Crippen LogP contribution in [0.4, 0.5) is 0 Å². The normalized spacial score (nSPS) is 45.4. The summed E-state index contributed by atoms with van der Waals surface area (Å²) in [6, 6.07) is -0.876. The molecule has 3 N–H and O–H groups in total. The van der Waals surface area contributed by atoms with E-state index in [-0.39, 0.29) is 27.8 Å². The topological polar surface area (TPSA) is 113 Å². The number of hydrogen-bond donors (Lipinski definition) is 3. The molecule has 0 amide bonds. The van der Waals surface area contributed by atoms with Crippen molar-refractivity contribution in [1.29, 1.82) is 0 Å². The maximum absolute atomic E-state index is 13.6. The van der Waals surface area contributed by atoms with Gasteiger partial charge in [-0.15, -0.1) is 0 Å². The van der Waals surface area contributed by atoms with Crippen LogP contribution in [0.1, 0.15) is 98.8 Å². The summed E-state index contributed by atoms with van der Waals surface area (Å²) < 4.78 is 60.0. The van der Waals surface area contributed by atoms with Crippen molar-refractivity contribution >= 4 is 20.0 Å². The van der Waals surface area contributed by atoms with Crippen molar-refractivity contribution in [1.82, 2.24) is 9.44 Å². The maximum atomic E-state index is 13.6. The minimum atomic E-state index is -3.71. The Hall–Kier alpha value is -0.220. The van der Waals surface area contributed by atoms with E-state index in [1.807, 2.05) is 0 Å². The van der Waals surface area contributed by atoms with Crippen molar-refractivity contribution in [2.75, 3.05) is 11.5 Å². The van der Waals surface area contributed by atoms with Crippen LogP contribution in [-0.2, 0) is 20.0 Å². The Morgan fingerprint density at radius 3 is 1.56 bits per heavy atom. The van der Waals surface area contributed by atoms with Crippen LogP contribution in [0, 0.1) is 39.4 Å². The van der Waals surface area contributed by atoms with Gasteiger partial charge < -0.3 is 5.11 Å². The third-order valence-electron chi connectivity index (χ3n) is 12.5. The highest BCUT2D eigenvalue weighted by molar-refractivity contribution is 7.89. The molecule has 36 heavy (non-hydrogen) atoms. The van der Waals surface area contributed by atoms with Gasteiger partial charge in [-0.1, -0.05) is 47.5 Å². The highest BCUT2D eigenvalue weighted by atomic mass is 32.2. The first-order valence-corrected chi connectivity index (χ1v) is 17.5. The lowest BCUT2D eigenvalue weighted by Crippen LogP contribution is -2.56. The molecule has 208 valence electrons. The second-order valence-corrected chi connectivity index (χ2v) is 17.9. The molecule has 0 heterocycles. The highest BCUT2D eigenvalue weighted by Crippen LogP contribution is 2.68. The molecule has 0 aromatic heterocycles. The number of nitrogens with one attached hydrogen (secondary N) is 2. The monoisotopic (exact) mass is 544 g/mol. The second-order valence-electron chi connectivity index (χ2n) is 14.4. The Morgan fingerprint density at radius 2 is 1.17 bits per heavy atom. The summed E-state index contributed by atoms with van der Waals surface area (Å²) >= 11 is 0. The first-order chi connectivity index (χ1) is 16.6. The molecule has 5 rings (SSSR count). The lowest BCUT2D eigenvalue weighted by Gasteiger charge is -2.42. The van der Waals surface area contributed by atoms with Crippen LogP contribution >= 0.6 is 0 Å². The third kappa shape index (κ3) is 4.04. The van der Waals surface area contributed by atoms with E-state index in [2.05, 4.69) is 44.1 Å². The summed E-state index contributed by atoms with van der Waals surface area (Å²) in [5, 5.41) is 10.8. The van der Waals surface area contributed by atoms with Gasteiger partial charge in [0.1, 0.15) is 0 Å². The fourth-order valence-corrected chi connectivity index (χ4v) is 14.4. The molecule has 5 aliphatic carbocycles. The van der Waals surface area contributed by atoms with E-state index in [1.54, 1.807) is 0 Å². The minimum Gasteiger partial charge on any atom is -0.392 e. The highest BCUT2D eigenvalue weighted by Gasteiger charge is 2.65. The number of sulfonamides is 2. The molecular formula is C27H48N2O5S2. The van der Waals surface area contributed by atoms with E-state index in [4.69, 9.17) is 0 Å². The molecule has 0 spiro atoms. The molecule has 0 radical (unpaired) electrons. The SMILES string of the molecule is CC1CC2CCC1(CS(=O)(=O)NC1CCCCC1NS(=O)(=O)CC13CCC(CC1O)C3(C)C)C2(C)C. The van der Waals surface area contributed by atoms with Crippen LogP contribution in [0.15, 0.2) is 0 Å². The molecule has 0 saturated heterocycles. The van der Waals surface area contributed by atoms with Crippen LogP contribution in [0.25, 0.3) is 0 Å². The molecular weight excluding hydrogens is 496 g/mol. The Bertz CT molecular complexity index is 1000. The number of rotatable bonds is 8. The predicted molar refractivity (Wildman–Crippen MR) is 142 cm³/mol. The maximum Gasteiger partial charge on any atom is 0.212 e. The van der Waals surface area contributed by atoms with Crippen LogP contribution in [0.2, 0.25) is 0 Å². The molecule has 9 heteroatoms. The third-order valence-corrected chi connectivity index (χ3v) is 15.6. The van der Waals surface area contributed by atoms with Crippen molar-refractivity contribution in [2.24, 2.45) is 39.4 Å². The van der Waals surface area contributed by atoms with Gasteiger partial charge in [-0.25, -0.2) is 26.3 Å². The Kier molecular flexibility index (Phi) is 6.56. The first kappa shape index (κ1) is 27.4. The van der Waals surface area contributed by atoms with E-state index in [9.17, 15) is 21.9 Å². The number of fused-ring (bicyclic) bond motifs is 4. The molecule has 7 nitrogen and oxygen atoms in total. The minimum absolute atomic E-state index is 0.00207. The van der Waals surface area contributed by atoms with Crippen LogP contribution < -0.4 is 9.44 Å². The zero-order valence-corrected chi connectivity index (χ0v) is 24.5. The quantitative estimate of drug-likeness (QED) is 0.430. The molecule has 0 aromatic carbocycles. The molecule has 4 bridgehead atoms. The number of hydrogen-bond acceptors (Lipinski definition) is 5. The second kappa shape index (κ2) is 8.64. The molecule has 8 unspecified atom stereocenters. The van der Waals surface area contributed by atoms with Crippen molar-refractivity contribution in [3.8, 4) is 0 Å². The fourth-order valence-electron chi connectivity index (χ4n) is 9.88. The van der Waals surface area contributed by atoms with Crippen molar-refractivity contribution in [3.63, 3.8) is 0 Å². The zero-order valence-electron chi connectivity index (χ0n) is 22.8. The van der Waals surface area contributed by atoms with Crippen molar-refractivity contribution in [3.05, 3.63) is 0 Å². The van der Waals surface area contributed by atoms with Gasteiger partial charge in [0.2, 0.25) is 20.0 Å². The summed E-state index contributed by atoms with van der Waals surface area (Å²) in [4.78, 5) is 0. The molecule has 0 aromatic rings. The van der Waals surface area contributed by atoms with Gasteiger partial charge >= 0.3 is 0 Å². The molecule has 5 fully saturated rings. The summed E-state index contributed by atoms with van der Waals surface area (Å²) in [6.07, 6.45) is 7.94. The van der Waals surface area contributed by atoms with Crippen LogP contribution in [0.3, 0.4) is 0 Å². The van der Waals surface area contributed by atoms with E-state index in [0.29, 0.717) is 37.0 Å². The number of aliphatic hydroxyl groups is 1. The summed E-state index contributed by atoms with van der Waals surface area (Å²) in [6.45, 7) is 10.9. The smallest absolute Gasteiger partial charge is 0.212 e. The summed E-state index contributed by atoms with van der Waals surface area (Å²) in [7, 11) is -7.29. The standard InChI is InChI=1S/C27H48N2O5S2/c1-18-14-19-10-12-26(18,24(19,2)3)16-35(31,32)28-21-8-6-7-9-22(21)29-36(33,34)17-27-13-11-20(15-23(27)30)25(27,4)5/h18-23,28-30H,6-17H2,1-5H3. The zero-order chi connectivity index (χ0) is 26.4. The van der Waals surface area contributed by atoms with E-state index in [1.165, 1.54) is 0 Å². The predicted octanol–water partition coefficient (Wildman–Crippen LogP) is 3.79. The summed E-state index contributed by atoms with van der Waals surface area (Å²) in [5.41, 5.74) is -1.06. The van der Waals surface area contributed by atoms with Gasteiger partial charge in [0.05, 0.1) is 17.6 Å². The van der Waals surface area contributed by atoms with Crippen LogP contribution in [-0.4, -0.2) is 51.6 Å². The fraction of sp³-hybridized carbons (Fsp3) is 1.00. The van der Waals surface area contributed by atoms with Crippen molar-refractivity contribution < 1.29 is 21.9 Å². The van der Waals surface area contributed by atoms with E-state index >= 15 is 0 Å². The number of aliphatic hydroxyl groups excluding tert-OH is 1. The molecule has 5 aliphatic rings. The molecule has 5 saturated carbocycles. The Labute approximate surface area is 219 Å². The van der Waals surface area contributed by atoms with Gasteiger partial charge in [0, 0.05) is 17.5 Å². The lowest BCUT2D eigenvalue weighted by molar-refractivity contribution is 0.0151. The summed E-state index contributed by atoms with van der Waals surface area (Å²) in [5.74, 6) is 1.36. The van der Waals surface area contributed by atoms with Gasteiger partial charge in [-0.3, -0.25) is 0 Å². The van der Waals surface area contributed by atoms with Gasteiger partial charge in [0.15, 0.2) is 0 Å². The lowest BCUT2D eigenvalue weighted by atomic mass is 9.67. The van der Waals surface area contributed by atoms with Gasteiger partial charge in [-0.2, -0.15) is 0 Å². The largest absolute Gasteiger partial charge is 0.392 e. The average Bonchev–Trinajstić information content (AvgIpc) is 3.27. The van der Waals surface area contributed by atoms with Gasteiger partial charge in [-0.05, 0) is 85.4 Å². The molecule has 0 aliphatic heterocycles. The van der Waals surface area contributed by atoms with Crippen molar-refractivity contribution in [2.45, 2.75) is 117 Å². The first-order valence-electron chi connectivity index (χ1n) is 14.2.